The van der Waals surface area contributed by atoms with Gasteiger partial charge in [-0.05, 0) is 18.4 Å². The Balaban J connectivity index is 1.46. The maximum absolute atomic E-state index is 12.4. The Bertz CT molecular complexity index is 647. The van der Waals surface area contributed by atoms with Crippen molar-refractivity contribution in [3.8, 4) is 0 Å². The molecule has 1 fully saturated rings. The molecule has 3 rings (SSSR count). The van der Waals surface area contributed by atoms with E-state index in [0.29, 0.717) is 38.3 Å². The molecule has 1 aromatic carbocycles. The van der Waals surface area contributed by atoms with E-state index in [1.165, 1.54) is 6.20 Å². The van der Waals surface area contributed by atoms with Crippen LogP contribution < -0.4 is 0 Å². The minimum Gasteiger partial charge on any atom is -0.382 e. The van der Waals surface area contributed by atoms with Crippen LogP contribution in [0.5, 0.6) is 0 Å². The quantitative estimate of drug-likeness (QED) is 0.777. The predicted molar refractivity (Wildman–Crippen MR) is 86.8 cm³/mol. The van der Waals surface area contributed by atoms with Crippen LogP contribution in [-0.4, -0.2) is 51.0 Å². The molecule has 1 atom stereocenters. The Labute approximate surface area is 140 Å². The zero-order valence-corrected chi connectivity index (χ0v) is 13.5. The van der Waals surface area contributed by atoms with Crippen LogP contribution in [0.25, 0.3) is 0 Å². The molecule has 2 heterocycles. The fourth-order valence-corrected chi connectivity index (χ4v) is 2.97. The number of hydrogen-bond donors (Lipinski definition) is 2. The number of hydrogen-bond acceptors (Lipinski definition) is 5. The predicted octanol–water partition coefficient (Wildman–Crippen LogP) is 1.22. The molecule has 2 aromatic rings. The van der Waals surface area contributed by atoms with Gasteiger partial charge < -0.3 is 14.7 Å². The summed E-state index contributed by atoms with van der Waals surface area (Å²) in [6.07, 6.45) is 3.13. The van der Waals surface area contributed by atoms with Gasteiger partial charge in [-0.25, -0.2) is 0 Å². The van der Waals surface area contributed by atoms with Crippen LogP contribution in [-0.2, 0) is 21.7 Å². The molecule has 1 aliphatic heterocycles. The maximum Gasteiger partial charge on any atom is 0.225 e. The van der Waals surface area contributed by atoms with E-state index in [2.05, 4.69) is 15.4 Å². The molecule has 0 unspecified atom stereocenters. The number of benzene rings is 1. The number of rotatable bonds is 6. The fourth-order valence-electron chi connectivity index (χ4n) is 2.97. The summed E-state index contributed by atoms with van der Waals surface area (Å²) in [5, 5.41) is 20.9. The van der Waals surface area contributed by atoms with Gasteiger partial charge in [-0.3, -0.25) is 4.79 Å². The molecular formula is C17H22N4O3. The third-order valence-electron chi connectivity index (χ3n) is 4.29. The van der Waals surface area contributed by atoms with Crippen molar-refractivity contribution in [2.75, 3.05) is 19.7 Å². The molecule has 2 N–H and O–H groups in total. The van der Waals surface area contributed by atoms with Crippen LogP contribution in [0.1, 0.15) is 30.5 Å². The minimum absolute atomic E-state index is 0.00955. The van der Waals surface area contributed by atoms with E-state index in [1.54, 1.807) is 4.90 Å². The fraction of sp³-hybridized carbons (Fsp3) is 0.471. The van der Waals surface area contributed by atoms with Crippen LogP contribution in [0.2, 0.25) is 0 Å². The largest absolute Gasteiger partial charge is 0.382 e. The Kier molecular flexibility index (Phi) is 5.22. The number of carbonyl (C=O) groups excluding carboxylic acids is 1. The van der Waals surface area contributed by atoms with Crippen molar-refractivity contribution in [2.45, 2.75) is 31.5 Å². The lowest BCUT2D eigenvalue weighted by Crippen LogP contribution is -2.48. The number of nitrogens with one attached hydrogen (secondary N) is 1. The summed E-state index contributed by atoms with van der Waals surface area (Å²) in [4.78, 5) is 14.0. The molecule has 1 amide bonds. The third kappa shape index (κ3) is 3.98. The zero-order valence-electron chi connectivity index (χ0n) is 13.5. The van der Waals surface area contributed by atoms with Gasteiger partial charge in [-0.2, -0.15) is 15.4 Å². The molecule has 0 bridgehead atoms. The molecule has 1 aliphatic rings. The Morgan fingerprint density at radius 3 is 2.96 bits per heavy atom. The first-order valence-corrected chi connectivity index (χ1v) is 8.15. The monoisotopic (exact) mass is 330 g/mol. The minimum atomic E-state index is -1.12. The van der Waals surface area contributed by atoms with Crippen molar-refractivity contribution in [1.82, 2.24) is 20.3 Å². The number of aromatic nitrogens is 3. The maximum atomic E-state index is 12.4. The number of β-amino-alcohol motifs (C(OH)–C–C–N with tert-alkyl or cyclic N) is 1. The highest BCUT2D eigenvalue weighted by Crippen LogP contribution is 2.29. The standard InChI is InChI=1S/C17H22N4O3/c22-16(7-10-24-12-14-5-2-1-3-6-14)21-9-4-8-17(23,13-21)15-11-18-20-19-15/h1-3,5-6,11,23H,4,7-10,12-13H2,(H,18,19,20)/t17-/m1/s1. The first kappa shape index (κ1) is 16.6. The Morgan fingerprint density at radius 1 is 1.38 bits per heavy atom. The molecule has 0 radical (unpaired) electrons. The lowest BCUT2D eigenvalue weighted by atomic mass is 9.90. The van der Waals surface area contributed by atoms with E-state index < -0.39 is 5.60 Å². The Hall–Kier alpha value is -2.25. The van der Waals surface area contributed by atoms with E-state index in [-0.39, 0.29) is 12.5 Å². The Morgan fingerprint density at radius 2 is 2.21 bits per heavy atom. The van der Waals surface area contributed by atoms with Crippen molar-refractivity contribution in [1.29, 1.82) is 0 Å². The second kappa shape index (κ2) is 7.55. The average Bonchev–Trinajstić information content (AvgIpc) is 3.15. The van der Waals surface area contributed by atoms with Crippen molar-refractivity contribution < 1.29 is 14.6 Å². The summed E-state index contributed by atoms with van der Waals surface area (Å²) >= 11 is 0. The summed E-state index contributed by atoms with van der Waals surface area (Å²) in [5.41, 5.74) is 0.454. The summed E-state index contributed by atoms with van der Waals surface area (Å²) in [6, 6.07) is 9.86. The molecule has 128 valence electrons. The van der Waals surface area contributed by atoms with E-state index in [4.69, 9.17) is 4.74 Å². The lowest BCUT2D eigenvalue weighted by Gasteiger charge is -2.38. The molecule has 0 spiro atoms. The average molecular weight is 330 g/mol. The van der Waals surface area contributed by atoms with Gasteiger partial charge in [0.2, 0.25) is 5.91 Å². The van der Waals surface area contributed by atoms with Crippen molar-refractivity contribution >= 4 is 5.91 Å². The number of ether oxygens (including phenoxy) is 1. The summed E-state index contributed by atoms with van der Waals surface area (Å²) < 4.78 is 5.57. The van der Waals surface area contributed by atoms with Crippen LogP contribution in [0.15, 0.2) is 36.5 Å². The van der Waals surface area contributed by atoms with Crippen LogP contribution in [0, 0.1) is 0 Å². The second-order valence-corrected chi connectivity index (χ2v) is 6.09. The molecular weight excluding hydrogens is 308 g/mol. The number of aliphatic hydroxyl groups is 1. The molecule has 7 heteroatoms. The summed E-state index contributed by atoms with van der Waals surface area (Å²) in [6.45, 7) is 1.76. The number of likely N-dealkylation sites (tertiary alicyclic amines) is 1. The number of aromatic amines is 1. The van der Waals surface area contributed by atoms with Crippen molar-refractivity contribution in [3.63, 3.8) is 0 Å². The number of carbonyl (C=O) groups is 1. The smallest absolute Gasteiger partial charge is 0.225 e. The van der Waals surface area contributed by atoms with Gasteiger partial charge in [0.05, 0.1) is 32.4 Å². The van der Waals surface area contributed by atoms with Gasteiger partial charge in [0, 0.05) is 6.54 Å². The van der Waals surface area contributed by atoms with Crippen LogP contribution >= 0.6 is 0 Å². The van der Waals surface area contributed by atoms with E-state index in [0.717, 1.165) is 12.0 Å². The van der Waals surface area contributed by atoms with Crippen molar-refractivity contribution in [2.24, 2.45) is 0 Å². The third-order valence-corrected chi connectivity index (χ3v) is 4.29. The second-order valence-electron chi connectivity index (χ2n) is 6.09. The zero-order chi connectivity index (χ0) is 16.8. The lowest BCUT2D eigenvalue weighted by molar-refractivity contribution is -0.140. The normalized spacial score (nSPS) is 21.0. The molecule has 7 nitrogen and oxygen atoms in total. The SMILES string of the molecule is O=C(CCOCc1ccccc1)N1CCC[C@](O)(c2cn[nH]n2)C1. The van der Waals surface area contributed by atoms with Gasteiger partial charge in [0.25, 0.3) is 0 Å². The van der Waals surface area contributed by atoms with Gasteiger partial charge >= 0.3 is 0 Å². The highest BCUT2D eigenvalue weighted by Gasteiger charge is 2.38. The van der Waals surface area contributed by atoms with Crippen LogP contribution in [0.3, 0.4) is 0 Å². The molecule has 0 saturated carbocycles. The topological polar surface area (TPSA) is 91.3 Å². The summed E-state index contributed by atoms with van der Waals surface area (Å²) in [7, 11) is 0. The number of piperidine rings is 1. The first-order valence-electron chi connectivity index (χ1n) is 8.15. The van der Waals surface area contributed by atoms with E-state index in [1.807, 2.05) is 30.3 Å². The number of H-pyrrole nitrogens is 1. The molecule has 0 aliphatic carbocycles. The highest BCUT2D eigenvalue weighted by molar-refractivity contribution is 5.76. The first-order chi connectivity index (χ1) is 11.7. The van der Waals surface area contributed by atoms with E-state index in [9.17, 15) is 9.90 Å². The summed E-state index contributed by atoms with van der Waals surface area (Å²) in [5.74, 6) is -0.00955. The van der Waals surface area contributed by atoms with Crippen molar-refractivity contribution in [3.05, 3.63) is 47.8 Å². The van der Waals surface area contributed by atoms with Gasteiger partial charge in [-0.1, -0.05) is 30.3 Å². The molecule has 1 aromatic heterocycles. The number of amides is 1. The number of nitrogens with zero attached hydrogens (tertiary/aromatic N) is 3. The van der Waals surface area contributed by atoms with Gasteiger partial charge in [0.15, 0.2) is 0 Å². The van der Waals surface area contributed by atoms with Gasteiger partial charge in [-0.15, -0.1) is 0 Å². The molecule has 24 heavy (non-hydrogen) atoms. The molecule has 1 saturated heterocycles. The highest BCUT2D eigenvalue weighted by atomic mass is 16.5. The van der Waals surface area contributed by atoms with E-state index >= 15 is 0 Å². The van der Waals surface area contributed by atoms with Gasteiger partial charge in [0.1, 0.15) is 11.3 Å². The van der Waals surface area contributed by atoms with Crippen LogP contribution in [0.4, 0.5) is 0 Å².